The number of carbonyl (C=O) groups excluding carboxylic acids is 1. The van der Waals surface area contributed by atoms with Crippen molar-refractivity contribution >= 4 is 33.1 Å². The third-order valence-electron chi connectivity index (χ3n) is 4.14. The van der Waals surface area contributed by atoms with E-state index in [4.69, 9.17) is 0 Å². The molecule has 132 valence electrons. The summed E-state index contributed by atoms with van der Waals surface area (Å²) in [5, 5.41) is 7.58. The largest absolute Gasteiger partial charge is 0.348 e. The molecule has 1 aromatic carbocycles. The van der Waals surface area contributed by atoms with Crippen molar-refractivity contribution in [1.82, 2.24) is 29.5 Å². The number of nitrogens with one attached hydrogen (secondary N) is 1. The number of carbonyl (C=O) groups is 1. The molecule has 0 aliphatic carbocycles. The molecule has 9 heteroatoms. The van der Waals surface area contributed by atoms with Gasteiger partial charge >= 0.3 is 0 Å². The van der Waals surface area contributed by atoms with Crippen LogP contribution in [0.25, 0.3) is 15.9 Å². The highest BCUT2D eigenvalue weighted by atomic mass is 32.1. The fourth-order valence-corrected chi connectivity index (χ4v) is 3.35. The lowest BCUT2D eigenvalue weighted by Gasteiger charge is -2.12. The second-order valence-electron chi connectivity index (χ2n) is 5.93. The molecule has 1 N–H and O–H groups in total. The minimum Gasteiger partial charge on any atom is -0.348 e. The van der Waals surface area contributed by atoms with Gasteiger partial charge in [-0.05, 0) is 19.1 Å². The molecule has 0 aliphatic heterocycles. The quantitative estimate of drug-likeness (QED) is 0.579. The Morgan fingerprint density at radius 3 is 3.04 bits per heavy atom. The van der Waals surface area contributed by atoms with Crippen LogP contribution in [0.1, 0.15) is 25.1 Å². The molecule has 3 aromatic heterocycles. The summed E-state index contributed by atoms with van der Waals surface area (Å²) in [5.74, 6) is -0.151. The van der Waals surface area contributed by atoms with Gasteiger partial charge in [0.2, 0.25) is 10.9 Å². The molecule has 0 saturated heterocycles. The number of imidazole rings is 1. The van der Waals surface area contributed by atoms with Crippen molar-refractivity contribution in [2.24, 2.45) is 0 Å². The first-order valence-electron chi connectivity index (χ1n) is 8.14. The standard InChI is InChI=1S/C17H16N6O2S/c1-11(14-8-23-17(21-14)26-10-19-23)20-15(24)6-7-22-9-18-13-5-3-2-4-12(13)16(22)25/h2-5,8-11H,6-7H2,1H3,(H,20,24)/t11-/m1/s1. The van der Waals surface area contributed by atoms with Gasteiger partial charge in [0.15, 0.2) is 0 Å². The van der Waals surface area contributed by atoms with Gasteiger partial charge in [0, 0.05) is 13.0 Å². The minimum atomic E-state index is -0.233. The normalized spacial score (nSPS) is 12.5. The lowest BCUT2D eigenvalue weighted by molar-refractivity contribution is -0.122. The molecular weight excluding hydrogens is 352 g/mol. The maximum atomic E-state index is 12.4. The van der Waals surface area contributed by atoms with Gasteiger partial charge < -0.3 is 5.32 Å². The van der Waals surface area contributed by atoms with Crippen LogP contribution in [-0.2, 0) is 11.3 Å². The lowest BCUT2D eigenvalue weighted by atomic mass is 10.2. The summed E-state index contributed by atoms with van der Waals surface area (Å²) in [6.07, 6.45) is 3.47. The topological polar surface area (TPSA) is 94.2 Å². The molecule has 0 radical (unpaired) electrons. The van der Waals surface area contributed by atoms with Crippen molar-refractivity contribution < 1.29 is 4.79 Å². The highest BCUT2D eigenvalue weighted by Crippen LogP contribution is 2.15. The van der Waals surface area contributed by atoms with Crippen LogP contribution < -0.4 is 10.9 Å². The van der Waals surface area contributed by atoms with E-state index >= 15 is 0 Å². The van der Waals surface area contributed by atoms with Crippen molar-refractivity contribution in [2.75, 3.05) is 0 Å². The molecular formula is C17H16N6O2S. The summed E-state index contributed by atoms with van der Waals surface area (Å²) >= 11 is 1.44. The van der Waals surface area contributed by atoms with Crippen molar-refractivity contribution in [1.29, 1.82) is 0 Å². The summed E-state index contributed by atoms with van der Waals surface area (Å²) in [5.41, 5.74) is 2.98. The number of hydrogen-bond donors (Lipinski definition) is 1. The average molecular weight is 368 g/mol. The number of benzene rings is 1. The SMILES string of the molecule is C[C@@H](NC(=O)CCn1cnc2ccccc2c1=O)c1cn2ncsc2n1. The number of amides is 1. The smallest absolute Gasteiger partial charge is 0.261 e. The number of rotatable bonds is 5. The van der Waals surface area contributed by atoms with E-state index in [0.717, 1.165) is 10.7 Å². The molecule has 0 aliphatic rings. The highest BCUT2D eigenvalue weighted by molar-refractivity contribution is 7.14. The predicted octanol–water partition coefficient (Wildman–Crippen LogP) is 1.77. The van der Waals surface area contributed by atoms with Crippen LogP contribution in [0.2, 0.25) is 0 Å². The molecule has 1 amide bonds. The second-order valence-corrected chi connectivity index (χ2v) is 6.74. The van der Waals surface area contributed by atoms with E-state index in [9.17, 15) is 9.59 Å². The first kappa shape index (κ1) is 16.4. The Morgan fingerprint density at radius 1 is 1.35 bits per heavy atom. The summed E-state index contributed by atoms with van der Waals surface area (Å²) in [4.78, 5) is 34.1. The minimum absolute atomic E-state index is 0.142. The Balaban J connectivity index is 1.41. The van der Waals surface area contributed by atoms with Gasteiger partial charge in [-0.1, -0.05) is 23.5 Å². The summed E-state index contributed by atoms with van der Waals surface area (Å²) in [6.45, 7) is 2.14. The average Bonchev–Trinajstić information content (AvgIpc) is 3.23. The number of aryl methyl sites for hydroxylation is 1. The molecule has 4 rings (SSSR count). The molecule has 0 bridgehead atoms. The summed E-state index contributed by atoms with van der Waals surface area (Å²) in [7, 11) is 0. The molecule has 0 fully saturated rings. The molecule has 3 heterocycles. The molecule has 8 nitrogen and oxygen atoms in total. The zero-order valence-electron chi connectivity index (χ0n) is 14.0. The number of fused-ring (bicyclic) bond motifs is 2. The third kappa shape index (κ3) is 3.08. The van der Waals surface area contributed by atoms with Gasteiger partial charge in [-0.3, -0.25) is 14.2 Å². The maximum Gasteiger partial charge on any atom is 0.261 e. The van der Waals surface area contributed by atoms with Gasteiger partial charge in [-0.2, -0.15) is 5.10 Å². The van der Waals surface area contributed by atoms with E-state index in [-0.39, 0.29) is 30.5 Å². The second kappa shape index (κ2) is 6.68. The van der Waals surface area contributed by atoms with E-state index in [1.54, 1.807) is 34.4 Å². The molecule has 26 heavy (non-hydrogen) atoms. The third-order valence-corrected chi connectivity index (χ3v) is 4.83. The predicted molar refractivity (Wildman–Crippen MR) is 98.0 cm³/mol. The van der Waals surface area contributed by atoms with Crippen LogP contribution in [-0.4, -0.2) is 30.1 Å². The highest BCUT2D eigenvalue weighted by Gasteiger charge is 2.14. The number of aromatic nitrogens is 5. The summed E-state index contributed by atoms with van der Waals surface area (Å²) in [6, 6.07) is 6.93. The van der Waals surface area contributed by atoms with Gasteiger partial charge in [0.25, 0.3) is 5.56 Å². The van der Waals surface area contributed by atoms with Crippen molar-refractivity contribution in [3.63, 3.8) is 0 Å². The van der Waals surface area contributed by atoms with Crippen LogP contribution in [0.5, 0.6) is 0 Å². The Kier molecular flexibility index (Phi) is 4.21. The molecule has 1 atom stereocenters. The van der Waals surface area contributed by atoms with Crippen LogP contribution in [0.15, 0.2) is 47.1 Å². The fourth-order valence-electron chi connectivity index (χ4n) is 2.74. The zero-order valence-corrected chi connectivity index (χ0v) is 14.8. The van der Waals surface area contributed by atoms with Gasteiger partial charge in [0.1, 0.15) is 5.51 Å². The van der Waals surface area contributed by atoms with Crippen molar-refractivity contribution in [3.8, 4) is 0 Å². The molecule has 4 aromatic rings. The Labute approximate surface area is 152 Å². The Bertz CT molecular complexity index is 1120. The lowest BCUT2D eigenvalue weighted by Crippen LogP contribution is -2.29. The number of para-hydroxylation sites is 1. The van der Waals surface area contributed by atoms with E-state index in [1.807, 2.05) is 13.0 Å². The zero-order chi connectivity index (χ0) is 18.1. The van der Waals surface area contributed by atoms with Crippen LogP contribution >= 0.6 is 11.3 Å². The summed E-state index contributed by atoms with van der Waals surface area (Å²) < 4.78 is 3.14. The van der Waals surface area contributed by atoms with Gasteiger partial charge in [-0.15, -0.1) is 0 Å². The first-order valence-corrected chi connectivity index (χ1v) is 9.02. The monoisotopic (exact) mass is 368 g/mol. The Hall–Kier alpha value is -3.07. The first-order chi connectivity index (χ1) is 12.6. The van der Waals surface area contributed by atoms with Gasteiger partial charge in [0.05, 0.1) is 35.2 Å². The van der Waals surface area contributed by atoms with E-state index in [0.29, 0.717) is 10.9 Å². The fraction of sp³-hybridized carbons (Fsp3) is 0.235. The number of hydrogen-bond acceptors (Lipinski definition) is 6. The van der Waals surface area contributed by atoms with Crippen LogP contribution in [0.4, 0.5) is 0 Å². The number of nitrogens with zero attached hydrogens (tertiary/aromatic N) is 5. The molecule has 0 saturated carbocycles. The molecule has 0 unspecified atom stereocenters. The van der Waals surface area contributed by atoms with Gasteiger partial charge in [-0.25, -0.2) is 14.5 Å². The van der Waals surface area contributed by atoms with Crippen molar-refractivity contribution in [2.45, 2.75) is 25.9 Å². The van der Waals surface area contributed by atoms with E-state index in [2.05, 4.69) is 20.4 Å². The Morgan fingerprint density at radius 2 is 2.19 bits per heavy atom. The molecule has 0 spiro atoms. The van der Waals surface area contributed by atoms with Crippen molar-refractivity contribution in [3.05, 3.63) is 58.3 Å². The van der Waals surface area contributed by atoms with E-state index < -0.39 is 0 Å². The van der Waals surface area contributed by atoms with Crippen LogP contribution in [0.3, 0.4) is 0 Å². The van der Waals surface area contributed by atoms with Crippen LogP contribution in [0, 0.1) is 0 Å². The van der Waals surface area contributed by atoms with E-state index in [1.165, 1.54) is 22.2 Å². The maximum absolute atomic E-state index is 12.4.